The van der Waals surface area contributed by atoms with Crippen molar-refractivity contribution in [2.45, 2.75) is 0 Å². The van der Waals surface area contributed by atoms with Gasteiger partial charge in [-0.1, -0.05) is 23.7 Å². The van der Waals surface area contributed by atoms with Gasteiger partial charge in [0.2, 0.25) is 5.78 Å². The second-order valence-corrected chi connectivity index (χ2v) is 3.94. The minimum atomic E-state index is -0.469. The van der Waals surface area contributed by atoms with Crippen LogP contribution in [0.3, 0.4) is 0 Å². The summed E-state index contributed by atoms with van der Waals surface area (Å²) in [6.07, 6.45) is 0. The van der Waals surface area contributed by atoms with Crippen LogP contribution in [-0.2, 0) is 0 Å². The van der Waals surface area contributed by atoms with Crippen LogP contribution in [0.4, 0.5) is 0 Å². The monoisotopic (exact) mass is 248 g/mol. The van der Waals surface area contributed by atoms with Crippen LogP contribution in [0.25, 0.3) is 0 Å². The average Bonchev–Trinajstić information content (AvgIpc) is 2.32. The minimum Gasteiger partial charge on any atom is -0.507 e. The third kappa shape index (κ3) is 2.24. The predicted molar refractivity (Wildman–Crippen MR) is 64.7 cm³/mol. The third-order valence-corrected chi connectivity index (χ3v) is 2.59. The van der Waals surface area contributed by atoms with Crippen LogP contribution in [-0.4, -0.2) is 16.0 Å². The second-order valence-electron chi connectivity index (χ2n) is 3.51. The number of phenols is 2. The number of hydrogen-bond donors (Lipinski definition) is 2. The zero-order valence-corrected chi connectivity index (χ0v) is 9.48. The maximum Gasteiger partial charge on any atom is 0.200 e. The SMILES string of the molecule is O=C(c1ccccc1O)c1cc(Cl)ccc1O. The van der Waals surface area contributed by atoms with E-state index in [-0.39, 0.29) is 22.6 Å². The zero-order valence-electron chi connectivity index (χ0n) is 8.72. The molecule has 0 aliphatic carbocycles. The molecular formula is C13H9ClO3. The normalized spacial score (nSPS) is 10.2. The molecule has 0 fully saturated rings. The summed E-state index contributed by atoms with van der Waals surface area (Å²) in [5, 5.41) is 19.5. The first kappa shape index (κ1) is 11.5. The van der Waals surface area contributed by atoms with Crippen molar-refractivity contribution in [2.75, 3.05) is 0 Å². The zero-order chi connectivity index (χ0) is 12.4. The van der Waals surface area contributed by atoms with Gasteiger partial charge in [-0.25, -0.2) is 0 Å². The number of para-hydroxylation sites is 1. The Morgan fingerprint density at radius 2 is 1.59 bits per heavy atom. The van der Waals surface area contributed by atoms with E-state index in [2.05, 4.69) is 0 Å². The summed E-state index contributed by atoms with van der Waals surface area (Å²) in [6.45, 7) is 0. The van der Waals surface area contributed by atoms with Crippen molar-refractivity contribution in [2.24, 2.45) is 0 Å². The van der Waals surface area contributed by atoms with Crippen LogP contribution in [0.2, 0.25) is 5.02 Å². The molecule has 2 rings (SSSR count). The summed E-state index contributed by atoms with van der Waals surface area (Å²) in [7, 11) is 0. The Bertz CT molecular complexity index is 579. The molecule has 0 spiro atoms. The van der Waals surface area contributed by atoms with Gasteiger partial charge in [-0.15, -0.1) is 0 Å². The van der Waals surface area contributed by atoms with Crippen LogP contribution in [0, 0.1) is 0 Å². The fraction of sp³-hybridized carbons (Fsp3) is 0. The van der Waals surface area contributed by atoms with Crippen molar-refractivity contribution >= 4 is 17.4 Å². The van der Waals surface area contributed by atoms with E-state index in [4.69, 9.17) is 11.6 Å². The average molecular weight is 249 g/mol. The van der Waals surface area contributed by atoms with Gasteiger partial charge in [0.15, 0.2) is 0 Å². The van der Waals surface area contributed by atoms with Crippen molar-refractivity contribution in [1.82, 2.24) is 0 Å². The van der Waals surface area contributed by atoms with Gasteiger partial charge in [-0.2, -0.15) is 0 Å². The summed E-state index contributed by atoms with van der Waals surface area (Å²) >= 11 is 5.76. The molecule has 0 bridgehead atoms. The Morgan fingerprint density at radius 1 is 0.941 bits per heavy atom. The highest BCUT2D eigenvalue weighted by atomic mass is 35.5. The van der Waals surface area contributed by atoms with Crippen LogP contribution < -0.4 is 0 Å². The van der Waals surface area contributed by atoms with Crippen LogP contribution >= 0.6 is 11.6 Å². The quantitative estimate of drug-likeness (QED) is 0.804. The number of rotatable bonds is 2. The van der Waals surface area contributed by atoms with Crippen molar-refractivity contribution < 1.29 is 15.0 Å². The highest BCUT2D eigenvalue weighted by Gasteiger charge is 2.16. The molecule has 2 N–H and O–H groups in total. The van der Waals surface area contributed by atoms with Gasteiger partial charge in [0, 0.05) is 5.02 Å². The van der Waals surface area contributed by atoms with E-state index in [0.717, 1.165) is 0 Å². The largest absolute Gasteiger partial charge is 0.507 e. The number of ketones is 1. The van der Waals surface area contributed by atoms with Crippen LogP contribution in [0.5, 0.6) is 11.5 Å². The summed E-state index contributed by atoms with van der Waals surface area (Å²) in [6, 6.07) is 10.3. The molecule has 0 unspecified atom stereocenters. The van der Waals surface area contributed by atoms with Gasteiger partial charge >= 0.3 is 0 Å². The number of aromatic hydroxyl groups is 2. The van der Waals surface area contributed by atoms with E-state index in [1.165, 1.54) is 30.3 Å². The first-order valence-corrected chi connectivity index (χ1v) is 5.28. The molecule has 0 aromatic heterocycles. The maximum absolute atomic E-state index is 12.1. The lowest BCUT2D eigenvalue weighted by atomic mass is 10.0. The van der Waals surface area contributed by atoms with Gasteiger partial charge in [0.1, 0.15) is 11.5 Å². The standard InChI is InChI=1S/C13H9ClO3/c14-8-5-6-12(16)10(7-8)13(17)9-3-1-2-4-11(9)15/h1-7,15-16H. The Labute approximate surface area is 103 Å². The lowest BCUT2D eigenvalue weighted by Gasteiger charge is -2.05. The van der Waals surface area contributed by atoms with Crippen molar-refractivity contribution in [3.8, 4) is 11.5 Å². The Morgan fingerprint density at radius 3 is 2.29 bits per heavy atom. The minimum absolute atomic E-state index is 0.0685. The molecule has 3 nitrogen and oxygen atoms in total. The topological polar surface area (TPSA) is 57.5 Å². The summed E-state index contributed by atoms with van der Waals surface area (Å²) in [5.74, 6) is -0.761. The van der Waals surface area contributed by atoms with Crippen LogP contribution in [0.15, 0.2) is 42.5 Å². The molecule has 0 heterocycles. The number of hydrogen-bond acceptors (Lipinski definition) is 3. The van der Waals surface area contributed by atoms with Gasteiger partial charge in [0.05, 0.1) is 11.1 Å². The predicted octanol–water partition coefficient (Wildman–Crippen LogP) is 2.98. The number of carbonyl (C=O) groups excluding carboxylic acids is 1. The summed E-state index contributed by atoms with van der Waals surface area (Å²) < 4.78 is 0. The Balaban J connectivity index is 2.51. The second kappa shape index (κ2) is 4.47. The maximum atomic E-state index is 12.1. The Kier molecular flexibility index (Phi) is 3.02. The van der Waals surface area contributed by atoms with Gasteiger partial charge < -0.3 is 10.2 Å². The van der Waals surface area contributed by atoms with E-state index in [0.29, 0.717) is 5.02 Å². The summed E-state index contributed by atoms with van der Waals surface area (Å²) in [5.41, 5.74) is 0.198. The molecule has 0 radical (unpaired) electrons. The van der Waals surface area contributed by atoms with Crippen molar-refractivity contribution in [3.05, 3.63) is 58.6 Å². The van der Waals surface area contributed by atoms with Gasteiger partial charge in [-0.3, -0.25) is 4.79 Å². The molecule has 4 heteroatoms. The van der Waals surface area contributed by atoms with Crippen LogP contribution in [0.1, 0.15) is 15.9 Å². The Hall–Kier alpha value is -2.00. The highest BCUT2D eigenvalue weighted by molar-refractivity contribution is 6.31. The van der Waals surface area contributed by atoms with Gasteiger partial charge in [-0.05, 0) is 30.3 Å². The molecule has 0 aliphatic rings. The number of benzene rings is 2. The number of halogens is 1. The molecule has 0 saturated heterocycles. The number of phenolic OH excluding ortho intramolecular Hbond substituents is 2. The molecule has 0 atom stereocenters. The van der Waals surface area contributed by atoms with E-state index >= 15 is 0 Å². The van der Waals surface area contributed by atoms with Crippen molar-refractivity contribution in [1.29, 1.82) is 0 Å². The first-order valence-electron chi connectivity index (χ1n) is 4.91. The molecule has 0 aliphatic heterocycles. The fourth-order valence-electron chi connectivity index (χ4n) is 1.50. The highest BCUT2D eigenvalue weighted by Crippen LogP contribution is 2.27. The molecule has 17 heavy (non-hydrogen) atoms. The van der Waals surface area contributed by atoms with E-state index < -0.39 is 5.78 Å². The molecular weight excluding hydrogens is 240 g/mol. The lowest BCUT2D eigenvalue weighted by molar-refractivity contribution is 0.103. The smallest absolute Gasteiger partial charge is 0.200 e. The number of carbonyl (C=O) groups is 1. The lowest BCUT2D eigenvalue weighted by Crippen LogP contribution is -2.01. The van der Waals surface area contributed by atoms with Gasteiger partial charge in [0.25, 0.3) is 0 Å². The molecule has 0 saturated carbocycles. The van der Waals surface area contributed by atoms with E-state index in [9.17, 15) is 15.0 Å². The molecule has 2 aromatic rings. The first-order chi connectivity index (χ1) is 8.09. The summed E-state index contributed by atoms with van der Waals surface area (Å²) in [4.78, 5) is 12.1. The fourth-order valence-corrected chi connectivity index (χ4v) is 1.67. The molecule has 0 amide bonds. The molecule has 2 aromatic carbocycles. The van der Waals surface area contributed by atoms with E-state index in [1.807, 2.05) is 0 Å². The van der Waals surface area contributed by atoms with E-state index in [1.54, 1.807) is 12.1 Å². The van der Waals surface area contributed by atoms with Crippen molar-refractivity contribution in [3.63, 3.8) is 0 Å². The third-order valence-electron chi connectivity index (χ3n) is 2.35. The molecule has 86 valence electrons.